The molecule has 2 fully saturated rings. The van der Waals surface area contributed by atoms with Crippen LogP contribution in [0.1, 0.15) is 6.42 Å². The number of ether oxygens (including phenoxy) is 1. The largest absolute Gasteiger partial charge is 0.376 e. The molecule has 2 aliphatic rings. The molecule has 4 atom stereocenters. The second kappa shape index (κ2) is 3.84. The van der Waals surface area contributed by atoms with E-state index in [1.165, 1.54) is 6.33 Å². The molecule has 0 aromatic carbocycles. The number of halogens is 1. The fourth-order valence-corrected chi connectivity index (χ4v) is 2.66. The summed E-state index contributed by atoms with van der Waals surface area (Å²) in [6.45, 7) is 0.804. The predicted molar refractivity (Wildman–Crippen MR) is 60.3 cm³/mol. The van der Waals surface area contributed by atoms with Gasteiger partial charge < -0.3 is 15.8 Å². The van der Waals surface area contributed by atoms with Crippen LogP contribution in [0.4, 0.5) is 5.82 Å². The molecule has 0 radical (unpaired) electrons. The normalized spacial score (nSPS) is 36.6. The summed E-state index contributed by atoms with van der Waals surface area (Å²) in [5, 5.41) is 3.75. The molecule has 4 unspecified atom stereocenters. The molecule has 2 heterocycles. The second-order valence-corrected chi connectivity index (χ2v) is 4.66. The van der Waals surface area contributed by atoms with Crippen LogP contribution in [-0.4, -0.2) is 34.8 Å². The third kappa shape index (κ3) is 1.47. The number of anilines is 1. The summed E-state index contributed by atoms with van der Waals surface area (Å²) in [5.74, 6) is 1.11. The SMILES string of the molecule is NC1C2CCOC2C1Nc1ncncc1Cl. The zero-order valence-corrected chi connectivity index (χ0v) is 9.39. The van der Waals surface area contributed by atoms with Crippen molar-refractivity contribution in [2.75, 3.05) is 11.9 Å². The van der Waals surface area contributed by atoms with Gasteiger partial charge in [0.1, 0.15) is 17.2 Å². The van der Waals surface area contributed by atoms with E-state index in [0.29, 0.717) is 16.8 Å². The molecule has 1 aromatic rings. The highest BCUT2D eigenvalue weighted by molar-refractivity contribution is 6.32. The van der Waals surface area contributed by atoms with Gasteiger partial charge >= 0.3 is 0 Å². The molecule has 5 nitrogen and oxygen atoms in total. The van der Waals surface area contributed by atoms with Gasteiger partial charge in [-0.1, -0.05) is 11.6 Å². The maximum Gasteiger partial charge on any atom is 0.148 e. The van der Waals surface area contributed by atoms with Crippen molar-refractivity contribution in [3.8, 4) is 0 Å². The van der Waals surface area contributed by atoms with E-state index in [-0.39, 0.29) is 18.2 Å². The van der Waals surface area contributed by atoms with Gasteiger partial charge in [0.05, 0.1) is 18.3 Å². The molecule has 3 N–H and O–H groups in total. The van der Waals surface area contributed by atoms with E-state index >= 15 is 0 Å². The van der Waals surface area contributed by atoms with E-state index in [0.717, 1.165) is 13.0 Å². The van der Waals surface area contributed by atoms with Crippen molar-refractivity contribution in [3.05, 3.63) is 17.5 Å². The van der Waals surface area contributed by atoms with Crippen molar-refractivity contribution >= 4 is 17.4 Å². The molecule has 1 aliphatic heterocycles. The van der Waals surface area contributed by atoms with Crippen LogP contribution in [0.25, 0.3) is 0 Å². The number of hydrogen-bond donors (Lipinski definition) is 2. The third-order valence-corrected chi connectivity index (χ3v) is 3.69. The van der Waals surface area contributed by atoms with Crippen molar-refractivity contribution in [2.45, 2.75) is 24.6 Å². The molecular formula is C10H13ClN4O. The Morgan fingerprint density at radius 1 is 1.56 bits per heavy atom. The van der Waals surface area contributed by atoms with Gasteiger partial charge in [-0.15, -0.1) is 0 Å². The van der Waals surface area contributed by atoms with Crippen molar-refractivity contribution < 1.29 is 4.74 Å². The molecule has 1 aliphatic carbocycles. The quantitative estimate of drug-likeness (QED) is 0.795. The molecule has 6 heteroatoms. The van der Waals surface area contributed by atoms with Gasteiger partial charge in [-0.2, -0.15) is 0 Å². The topological polar surface area (TPSA) is 73.1 Å². The lowest BCUT2D eigenvalue weighted by Gasteiger charge is -2.45. The molecule has 1 saturated heterocycles. The summed E-state index contributed by atoms with van der Waals surface area (Å²) < 4.78 is 5.62. The number of nitrogens with one attached hydrogen (secondary N) is 1. The number of nitrogens with zero attached hydrogens (tertiary/aromatic N) is 2. The Labute approximate surface area is 98.4 Å². The highest BCUT2D eigenvalue weighted by atomic mass is 35.5. The van der Waals surface area contributed by atoms with E-state index in [9.17, 15) is 0 Å². The smallest absolute Gasteiger partial charge is 0.148 e. The minimum atomic E-state index is 0.111. The first-order valence-corrected chi connectivity index (χ1v) is 5.74. The molecule has 0 spiro atoms. The summed E-state index contributed by atoms with van der Waals surface area (Å²) in [6.07, 6.45) is 4.29. The zero-order chi connectivity index (χ0) is 11.1. The first kappa shape index (κ1) is 10.3. The Kier molecular flexibility index (Phi) is 2.46. The molecule has 0 amide bonds. The number of aromatic nitrogens is 2. The molecule has 1 aromatic heterocycles. The molecule has 86 valence electrons. The van der Waals surface area contributed by atoms with Crippen LogP contribution in [0.15, 0.2) is 12.5 Å². The highest BCUT2D eigenvalue weighted by Crippen LogP contribution is 2.39. The van der Waals surface area contributed by atoms with Crippen molar-refractivity contribution in [1.29, 1.82) is 0 Å². The standard InChI is InChI=1S/C10H13ClN4O/c11-6-3-13-4-14-10(6)15-8-7(12)5-1-2-16-9(5)8/h3-5,7-9H,1-2,12H2,(H,13,14,15). The van der Waals surface area contributed by atoms with Crippen molar-refractivity contribution in [2.24, 2.45) is 11.7 Å². The van der Waals surface area contributed by atoms with Crippen LogP contribution in [0.2, 0.25) is 5.02 Å². The van der Waals surface area contributed by atoms with Crippen LogP contribution in [-0.2, 0) is 4.74 Å². The summed E-state index contributed by atoms with van der Waals surface area (Å²) in [4.78, 5) is 7.92. The van der Waals surface area contributed by atoms with Gasteiger partial charge in [0.25, 0.3) is 0 Å². The Hall–Kier alpha value is -0.910. The number of fused-ring (bicyclic) bond motifs is 1. The maximum atomic E-state index is 6.08. The van der Waals surface area contributed by atoms with Gasteiger partial charge in [-0.25, -0.2) is 9.97 Å². The van der Waals surface area contributed by atoms with Gasteiger partial charge in [0.15, 0.2) is 0 Å². The van der Waals surface area contributed by atoms with E-state index in [1.807, 2.05) is 0 Å². The van der Waals surface area contributed by atoms with E-state index in [1.54, 1.807) is 6.20 Å². The Balaban J connectivity index is 1.74. The minimum Gasteiger partial charge on any atom is -0.376 e. The highest BCUT2D eigenvalue weighted by Gasteiger charge is 2.52. The van der Waals surface area contributed by atoms with Gasteiger partial charge in [-0.3, -0.25) is 0 Å². The Morgan fingerprint density at radius 3 is 3.25 bits per heavy atom. The summed E-state index contributed by atoms with van der Waals surface area (Å²) in [7, 11) is 0. The molecule has 16 heavy (non-hydrogen) atoms. The molecule has 3 rings (SSSR count). The van der Waals surface area contributed by atoms with Gasteiger partial charge in [-0.05, 0) is 6.42 Å². The first-order chi connectivity index (χ1) is 7.77. The zero-order valence-electron chi connectivity index (χ0n) is 8.64. The van der Waals surface area contributed by atoms with Gasteiger partial charge in [0, 0.05) is 18.6 Å². The summed E-state index contributed by atoms with van der Waals surface area (Å²) in [6, 6.07) is 0.235. The van der Waals surface area contributed by atoms with Crippen LogP contribution in [0.5, 0.6) is 0 Å². The summed E-state index contributed by atoms with van der Waals surface area (Å²) >= 11 is 5.97. The minimum absolute atomic E-state index is 0.111. The lowest BCUT2D eigenvalue weighted by molar-refractivity contribution is 0.00524. The first-order valence-electron chi connectivity index (χ1n) is 5.36. The van der Waals surface area contributed by atoms with E-state index in [4.69, 9.17) is 22.1 Å². The average Bonchev–Trinajstić information content (AvgIpc) is 2.72. The maximum absolute atomic E-state index is 6.08. The van der Waals surface area contributed by atoms with Crippen molar-refractivity contribution in [3.63, 3.8) is 0 Å². The third-order valence-electron chi connectivity index (χ3n) is 3.42. The lowest BCUT2D eigenvalue weighted by atomic mass is 9.72. The van der Waals surface area contributed by atoms with E-state index < -0.39 is 0 Å². The Morgan fingerprint density at radius 2 is 2.44 bits per heavy atom. The molecular weight excluding hydrogens is 228 g/mol. The van der Waals surface area contributed by atoms with E-state index in [2.05, 4.69) is 15.3 Å². The molecule has 0 bridgehead atoms. The van der Waals surface area contributed by atoms with Crippen molar-refractivity contribution in [1.82, 2.24) is 9.97 Å². The number of nitrogens with two attached hydrogens (primary N) is 1. The van der Waals surface area contributed by atoms with Crippen LogP contribution in [0, 0.1) is 5.92 Å². The fourth-order valence-electron chi connectivity index (χ4n) is 2.50. The van der Waals surface area contributed by atoms with Gasteiger partial charge in [0.2, 0.25) is 0 Å². The van der Waals surface area contributed by atoms with Crippen LogP contribution >= 0.6 is 11.6 Å². The second-order valence-electron chi connectivity index (χ2n) is 4.25. The summed E-state index contributed by atoms with van der Waals surface area (Å²) in [5.41, 5.74) is 6.08. The predicted octanol–water partition coefficient (Wildman–Crippen LogP) is 0.656. The Bertz CT molecular complexity index is 402. The average molecular weight is 241 g/mol. The number of hydrogen-bond acceptors (Lipinski definition) is 5. The monoisotopic (exact) mass is 240 g/mol. The van der Waals surface area contributed by atoms with Crippen LogP contribution < -0.4 is 11.1 Å². The number of rotatable bonds is 2. The fraction of sp³-hybridized carbons (Fsp3) is 0.600. The molecule has 1 saturated carbocycles. The van der Waals surface area contributed by atoms with Crippen LogP contribution in [0.3, 0.4) is 0 Å². The lowest BCUT2D eigenvalue weighted by Crippen LogP contribution is -2.65.